The molecule has 0 aliphatic rings. The Labute approximate surface area is 150 Å². The molecule has 0 bridgehead atoms. The minimum Gasteiger partial charge on any atom is -0.480 e. The monoisotopic (exact) mass is 406 g/mol. The highest BCUT2D eigenvalue weighted by atomic mass is 79.9. The van der Waals surface area contributed by atoms with Gasteiger partial charge in [-0.05, 0) is 31.0 Å². The van der Waals surface area contributed by atoms with E-state index in [0.29, 0.717) is 16.6 Å². The van der Waals surface area contributed by atoms with Gasteiger partial charge in [0.05, 0.1) is 11.7 Å². The molecule has 0 aliphatic heterocycles. The van der Waals surface area contributed by atoms with Gasteiger partial charge in [-0.3, -0.25) is 9.36 Å². The number of hydrogen-bond donors (Lipinski definition) is 1. The maximum Gasteiger partial charge on any atom is 0.326 e. The van der Waals surface area contributed by atoms with Crippen molar-refractivity contribution in [3.63, 3.8) is 0 Å². The molecule has 0 aliphatic carbocycles. The van der Waals surface area contributed by atoms with Crippen LogP contribution in [-0.2, 0) is 4.79 Å². The van der Waals surface area contributed by atoms with Crippen LogP contribution in [0.3, 0.4) is 0 Å². The van der Waals surface area contributed by atoms with Crippen molar-refractivity contribution in [2.24, 2.45) is 0 Å². The zero-order valence-corrected chi connectivity index (χ0v) is 15.5. The highest BCUT2D eigenvalue weighted by Gasteiger charge is 2.23. The van der Waals surface area contributed by atoms with E-state index in [2.05, 4.69) is 20.9 Å². The third-order valence-electron chi connectivity index (χ3n) is 3.95. The summed E-state index contributed by atoms with van der Waals surface area (Å²) in [5.74, 6) is -1.03. The number of carbonyl (C=O) groups is 1. The fourth-order valence-electron chi connectivity index (χ4n) is 2.79. The fraction of sp³-hybridized carbons (Fsp3) is 0.235. The summed E-state index contributed by atoms with van der Waals surface area (Å²) in [5.41, 5.74) is 1.44. The Morgan fingerprint density at radius 2 is 2.04 bits per heavy atom. The van der Waals surface area contributed by atoms with Crippen molar-refractivity contribution in [1.29, 1.82) is 0 Å². The first-order valence-corrected chi connectivity index (χ1v) is 9.04. The molecular formula is C17H15BrN2O3S. The Bertz CT molecular complexity index is 976. The molecule has 1 N–H and O–H groups in total. The van der Waals surface area contributed by atoms with Gasteiger partial charge in [0.25, 0.3) is 5.56 Å². The highest BCUT2D eigenvalue weighted by molar-refractivity contribution is 9.10. The SMILES string of the molecule is CCC(C(=O)O)n1cnc2sc(C)c(-c3ccc(Br)cc3)c2c1=O. The van der Waals surface area contributed by atoms with Crippen LogP contribution in [0.4, 0.5) is 0 Å². The number of carboxylic acid groups (broad SMARTS) is 1. The normalized spacial score (nSPS) is 12.5. The number of aromatic nitrogens is 2. The van der Waals surface area contributed by atoms with Crippen molar-refractivity contribution in [3.05, 3.63) is 50.3 Å². The Morgan fingerprint density at radius 3 is 2.62 bits per heavy atom. The van der Waals surface area contributed by atoms with Crippen molar-refractivity contribution < 1.29 is 9.90 Å². The number of benzene rings is 1. The summed E-state index contributed by atoms with van der Waals surface area (Å²) in [6.07, 6.45) is 1.66. The van der Waals surface area contributed by atoms with Crippen molar-refractivity contribution in [2.75, 3.05) is 0 Å². The summed E-state index contributed by atoms with van der Waals surface area (Å²) >= 11 is 4.85. The Morgan fingerprint density at radius 1 is 1.38 bits per heavy atom. The maximum atomic E-state index is 13.0. The molecule has 3 aromatic rings. The Kier molecular flexibility index (Phi) is 4.56. The average molecular weight is 407 g/mol. The molecule has 3 rings (SSSR count). The second-order valence-corrected chi connectivity index (χ2v) is 7.56. The van der Waals surface area contributed by atoms with Gasteiger partial charge in [-0.1, -0.05) is 35.0 Å². The van der Waals surface area contributed by atoms with E-state index >= 15 is 0 Å². The smallest absolute Gasteiger partial charge is 0.326 e. The van der Waals surface area contributed by atoms with Crippen LogP contribution in [0.5, 0.6) is 0 Å². The lowest BCUT2D eigenvalue weighted by atomic mass is 10.0. The maximum absolute atomic E-state index is 13.0. The van der Waals surface area contributed by atoms with E-state index < -0.39 is 12.0 Å². The summed E-state index contributed by atoms with van der Waals surface area (Å²) in [6.45, 7) is 3.69. The van der Waals surface area contributed by atoms with Crippen LogP contribution in [0.25, 0.3) is 21.3 Å². The van der Waals surface area contributed by atoms with Gasteiger partial charge in [-0.15, -0.1) is 11.3 Å². The van der Waals surface area contributed by atoms with Crippen molar-refractivity contribution in [3.8, 4) is 11.1 Å². The largest absolute Gasteiger partial charge is 0.480 e. The third-order valence-corrected chi connectivity index (χ3v) is 5.50. The van der Waals surface area contributed by atoms with Crippen molar-refractivity contribution in [1.82, 2.24) is 9.55 Å². The first-order valence-electron chi connectivity index (χ1n) is 7.43. The number of halogens is 1. The summed E-state index contributed by atoms with van der Waals surface area (Å²) in [5, 5.41) is 9.84. The van der Waals surface area contributed by atoms with E-state index in [1.807, 2.05) is 31.2 Å². The number of thiophene rings is 1. The van der Waals surface area contributed by atoms with Gasteiger partial charge >= 0.3 is 5.97 Å². The van der Waals surface area contributed by atoms with Crippen LogP contribution in [0.1, 0.15) is 24.3 Å². The molecule has 124 valence electrons. The van der Waals surface area contributed by atoms with Crippen molar-refractivity contribution >= 4 is 43.5 Å². The van der Waals surface area contributed by atoms with Crippen LogP contribution in [0.2, 0.25) is 0 Å². The van der Waals surface area contributed by atoms with E-state index in [0.717, 1.165) is 20.5 Å². The molecule has 0 spiro atoms. The summed E-state index contributed by atoms with van der Waals surface area (Å²) in [7, 11) is 0. The van der Waals surface area contributed by atoms with Crippen molar-refractivity contribution in [2.45, 2.75) is 26.3 Å². The number of nitrogens with zero attached hydrogens (tertiary/aromatic N) is 2. The molecule has 1 aromatic carbocycles. The number of rotatable bonds is 4. The number of hydrogen-bond acceptors (Lipinski definition) is 4. The van der Waals surface area contributed by atoms with E-state index in [4.69, 9.17) is 0 Å². The molecule has 7 heteroatoms. The van der Waals surface area contributed by atoms with Crippen LogP contribution < -0.4 is 5.56 Å². The summed E-state index contributed by atoms with van der Waals surface area (Å²) < 4.78 is 2.18. The van der Waals surface area contributed by atoms with Crippen LogP contribution >= 0.6 is 27.3 Å². The average Bonchev–Trinajstić information content (AvgIpc) is 2.88. The number of carboxylic acids is 1. The minimum atomic E-state index is -1.03. The lowest BCUT2D eigenvalue weighted by molar-refractivity contribution is -0.141. The molecule has 0 saturated heterocycles. The summed E-state index contributed by atoms with van der Waals surface area (Å²) in [6, 6.07) is 6.79. The minimum absolute atomic E-state index is 0.309. The Hall–Kier alpha value is -1.99. The van der Waals surface area contributed by atoms with Gasteiger partial charge in [-0.2, -0.15) is 0 Å². The van der Waals surface area contributed by atoms with Gasteiger partial charge in [-0.25, -0.2) is 9.78 Å². The fourth-order valence-corrected chi connectivity index (χ4v) is 4.06. The first kappa shape index (κ1) is 16.9. The van der Waals surface area contributed by atoms with E-state index in [-0.39, 0.29) is 5.56 Å². The molecule has 2 aromatic heterocycles. The van der Waals surface area contributed by atoms with Gasteiger partial charge in [0.1, 0.15) is 10.9 Å². The second-order valence-electron chi connectivity index (χ2n) is 5.44. The van der Waals surface area contributed by atoms with Crippen LogP contribution in [0, 0.1) is 6.92 Å². The zero-order valence-electron chi connectivity index (χ0n) is 13.1. The lowest BCUT2D eigenvalue weighted by Crippen LogP contribution is -2.29. The van der Waals surface area contributed by atoms with Gasteiger partial charge in [0, 0.05) is 14.9 Å². The summed E-state index contributed by atoms with van der Waals surface area (Å²) in [4.78, 5) is 30.3. The number of aliphatic carboxylic acids is 1. The van der Waals surface area contributed by atoms with Gasteiger partial charge < -0.3 is 5.11 Å². The molecular weight excluding hydrogens is 392 g/mol. The zero-order chi connectivity index (χ0) is 17.4. The predicted molar refractivity (Wildman–Crippen MR) is 98.7 cm³/mol. The molecule has 24 heavy (non-hydrogen) atoms. The molecule has 1 atom stereocenters. The van der Waals surface area contributed by atoms with E-state index in [1.54, 1.807) is 6.92 Å². The first-order chi connectivity index (χ1) is 11.4. The quantitative estimate of drug-likeness (QED) is 0.703. The molecule has 0 radical (unpaired) electrons. The van der Waals surface area contributed by atoms with Crippen LogP contribution in [-0.4, -0.2) is 20.6 Å². The lowest BCUT2D eigenvalue weighted by Gasteiger charge is -2.13. The molecule has 1 unspecified atom stereocenters. The molecule has 0 amide bonds. The molecule has 2 heterocycles. The van der Waals surface area contributed by atoms with Crippen LogP contribution in [0.15, 0.2) is 39.9 Å². The van der Waals surface area contributed by atoms with E-state index in [1.165, 1.54) is 22.2 Å². The third kappa shape index (κ3) is 2.78. The number of fused-ring (bicyclic) bond motifs is 1. The molecule has 5 nitrogen and oxygen atoms in total. The molecule has 0 saturated carbocycles. The molecule has 0 fully saturated rings. The standard InChI is InChI=1S/C17H15BrN2O3S/c1-3-12(17(22)23)20-8-19-15-14(16(20)21)13(9(2)24-15)10-4-6-11(18)7-5-10/h4-8,12H,3H2,1-2H3,(H,22,23). The van der Waals surface area contributed by atoms with E-state index in [9.17, 15) is 14.7 Å². The predicted octanol–water partition coefficient (Wildman–Crippen LogP) is 4.23. The number of aryl methyl sites for hydroxylation is 1. The highest BCUT2D eigenvalue weighted by Crippen LogP contribution is 2.36. The van der Waals surface area contributed by atoms with Gasteiger partial charge in [0.2, 0.25) is 0 Å². The van der Waals surface area contributed by atoms with Gasteiger partial charge in [0.15, 0.2) is 0 Å². The topological polar surface area (TPSA) is 72.2 Å². The second kappa shape index (κ2) is 6.49. The Balaban J connectivity index is 2.31.